The highest BCUT2D eigenvalue weighted by molar-refractivity contribution is 5.86. The zero-order chi connectivity index (χ0) is 16.3. The lowest BCUT2D eigenvalue weighted by atomic mass is 9.91. The third-order valence-electron chi connectivity index (χ3n) is 4.50. The fourth-order valence-electron chi connectivity index (χ4n) is 2.53. The van der Waals surface area contributed by atoms with E-state index in [1.807, 2.05) is 32.0 Å². The molecule has 1 atom stereocenters. The van der Waals surface area contributed by atoms with Crippen molar-refractivity contribution in [2.75, 3.05) is 13.6 Å². The number of benzene rings is 2. The molecule has 0 radical (unpaired) electrons. The Kier molecular flexibility index (Phi) is 4.87. The molecule has 0 fully saturated rings. The summed E-state index contributed by atoms with van der Waals surface area (Å²) in [4.78, 5) is 14.0. The van der Waals surface area contributed by atoms with Crippen LogP contribution in [0.25, 0.3) is 10.8 Å². The monoisotopic (exact) mass is 299 g/mol. The van der Waals surface area contributed by atoms with E-state index >= 15 is 0 Å². The fraction of sp³-hybridized carbons (Fsp3) is 0.421. The molecule has 0 aliphatic heterocycles. The van der Waals surface area contributed by atoms with Crippen LogP contribution in [0.15, 0.2) is 42.5 Å². The Morgan fingerprint density at radius 1 is 1.18 bits per heavy atom. The fourth-order valence-corrected chi connectivity index (χ4v) is 2.53. The Balaban J connectivity index is 2.10. The van der Waals surface area contributed by atoms with Gasteiger partial charge in [-0.2, -0.15) is 0 Å². The molecule has 1 amide bonds. The maximum absolute atomic E-state index is 12.4. The molecule has 0 bridgehead atoms. The molecule has 3 nitrogen and oxygen atoms in total. The van der Waals surface area contributed by atoms with Gasteiger partial charge in [0.25, 0.3) is 5.91 Å². The molecular formula is C19H25NO2. The number of likely N-dealkylation sites (N-methyl/N-ethyl adjacent to an activating group) is 1. The minimum absolute atomic E-state index is 0.111. The van der Waals surface area contributed by atoms with Crippen LogP contribution in [0.5, 0.6) is 0 Å². The average Bonchev–Trinajstić information content (AvgIpc) is 2.51. The topological polar surface area (TPSA) is 40.5 Å². The molecule has 0 aromatic heterocycles. The maximum Gasteiger partial charge on any atom is 0.254 e. The van der Waals surface area contributed by atoms with Crippen molar-refractivity contribution in [1.29, 1.82) is 0 Å². The zero-order valence-corrected chi connectivity index (χ0v) is 13.8. The Hall–Kier alpha value is -1.87. The molecular weight excluding hydrogens is 274 g/mol. The Labute approximate surface area is 132 Å². The summed E-state index contributed by atoms with van der Waals surface area (Å²) < 4.78 is 0. The van der Waals surface area contributed by atoms with Gasteiger partial charge in [-0.1, -0.05) is 56.3 Å². The largest absolute Gasteiger partial charge is 0.380 e. The molecule has 1 N–H and O–H groups in total. The van der Waals surface area contributed by atoms with E-state index in [-0.39, 0.29) is 11.8 Å². The smallest absolute Gasteiger partial charge is 0.254 e. The predicted octanol–water partition coefficient (Wildman–Crippen LogP) is 3.25. The molecule has 3 heteroatoms. The van der Waals surface area contributed by atoms with Crippen LogP contribution in [0.3, 0.4) is 0 Å². The number of hydrogen-bond donors (Lipinski definition) is 1. The van der Waals surface area contributed by atoms with Gasteiger partial charge in [0.05, 0.1) is 0 Å². The molecule has 0 aliphatic carbocycles. The summed E-state index contributed by atoms with van der Waals surface area (Å²) in [5.41, 5.74) is -0.0880. The highest BCUT2D eigenvalue weighted by atomic mass is 16.3. The predicted molar refractivity (Wildman–Crippen MR) is 90.8 cm³/mol. The second kappa shape index (κ2) is 6.49. The molecule has 2 aromatic carbocycles. The number of hydrogen-bond acceptors (Lipinski definition) is 2. The van der Waals surface area contributed by atoms with Crippen LogP contribution in [0.4, 0.5) is 0 Å². The van der Waals surface area contributed by atoms with Gasteiger partial charge in [-0.15, -0.1) is 0 Å². The van der Waals surface area contributed by atoms with Crippen molar-refractivity contribution in [3.63, 3.8) is 0 Å². The van der Waals surface area contributed by atoms with Crippen LogP contribution in [0.1, 0.15) is 26.3 Å². The van der Waals surface area contributed by atoms with Crippen LogP contribution in [0, 0.1) is 5.92 Å². The van der Waals surface area contributed by atoms with E-state index in [0.29, 0.717) is 6.54 Å². The molecule has 0 saturated carbocycles. The third-order valence-corrected chi connectivity index (χ3v) is 4.50. The molecule has 0 heterocycles. The second-order valence-electron chi connectivity index (χ2n) is 6.42. The molecule has 118 valence electrons. The Morgan fingerprint density at radius 2 is 1.82 bits per heavy atom. The van der Waals surface area contributed by atoms with E-state index in [4.69, 9.17) is 0 Å². The molecule has 2 rings (SSSR count). The number of nitrogens with zero attached hydrogens (tertiary/aromatic N) is 1. The summed E-state index contributed by atoms with van der Waals surface area (Å²) in [6.07, 6.45) is 0.776. The van der Waals surface area contributed by atoms with Crippen molar-refractivity contribution in [3.05, 3.63) is 48.0 Å². The summed E-state index contributed by atoms with van der Waals surface area (Å²) in [7, 11) is 1.75. The lowest BCUT2D eigenvalue weighted by Crippen LogP contribution is -2.49. The van der Waals surface area contributed by atoms with Gasteiger partial charge in [0.2, 0.25) is 0 Å². The van der Waals surface area contributed by atoms with Crippen LogP contribution < -0.4 is 0 Å². The first-order valence-electron chi connectivity index (χ1n) is 7.78. The van der Waals surface area contributed by atoms with Crippen LogP contribution in [-0.2, 0) is 11.2 Å². The zero-order valence-electron chi connectivity index (χ0n) is 13.8. The number of fused-ring (bicyclic) bond motifs is 1. The summed E-state index contributed by atoms with van der Waals surface area (Å²) >= 11 is 0. The highest BCUT2D eigenvalue weighted by Gasteiger charge is 2.35. The Morgan fingerprint density at radius 3 is 2.50 bits per heavy atom. The van der Waals surface area contributed by atoms with Crippen molar-refractivity contribution in [2.24, 2.45) is 5.92 Å². The summed E-state index contributed by atoms with van der Waals surface area (Å²) in [5, 5.41) is 12.7. The molecule has 0 aliphatic rings. The second-order valence-corrected chi connectivity index (χ2v) is 6.42. The minimum atomic E-state index is -1.31. The molecule has 0 unspecified atom stereocenters. The van der Waals surface area contributed by atoms with Crippen LogP contribution in [-0.4, -0.2) is 35.1 Å². The number of carbonyl (C=O) groups excluding carboxylic acids is 1. The van der Waals surface area contributed by atoms with Crippen LogP contribution >= 0.6 is 0 Å². The van der Waals surface area contributed by atoms with E-state index < -0.39 is 5.60 Å². The average molecular weight is 299 g/mol. The van der Waals surface area contributed by atoms with Crippen molar-refractivity contribution >= 4 is 16.7 Å². The van der Waals surface area contributed by atoms with E-state index in [9.17, 15) is 9.90 Å². The number of carbonyl (C=O) groups is 1. The lowest BCUT2D eigenvalue weighted by Gasteiger charge is -2.31. The van der Waals surface area contributed by atoms with E-state index in [1.54, 1.807) is 18.9 Å². The summed E-state index contributed by atoms with van der Waals surface area (Å²) in [5.74, 6) is -0.331. The first-order valence-corrected chi connectivity index (χ1v) is 7.78. The minimum Gasteiger partial charge on any atom is -0.380 e. The quantitative estimate of drug-likeness (QED) is 0.920. The van der Waals surface area contributed by atoms with Gasteiger partial charge in [-0.25, -0.2) is 0 Å². The van der Waals surface area contributed by atoms with Crippen molar-refractivity contribution in [2.45, 2.75) is 32.8 Å². The van der Waals surface area contributed by atoms with Gasteiger partial charge in [0.15, 0.2) is 0 Å². The van der Waals surface area contributed by atoms with Gasteiger partial charge in [-0.3, -0.25) is 4.79 Å². The van der Waals surface area contributed by atoms with Gasteiger partial charge < -0.3 is 10.0 Å². The van der Waals surface area contributed by atoms with Crippen molar-refractivity contribution in [1.82, 2.24) is 4.90 Å². The molecule has 0 saturated heterocycles. The third kappa shape index (κ3) is 3.30. The lowest BCUT2D eigenvalue weighted by molar-refractivity contribution is -0.152. The van der Waals surface area contributed by atoms with Gasteiger partial charge in [0, 0.05) is 13.6 Å². The van der Waals surface area contributed by atoms with E-state index in [2.05, 4.69) is 24.3 Å². The number of amides is 1. The van der Waals surface area contributed by atoms with Gasteiger partial charge >= 0.3 is 0 Å². The molecule has 0 spiro atoms. The Bertz CT molecular complexity index is 656. The van der Waals surface area contributed by atoms with Crippen molar-refractivity contribution in [3.8, 4) is 0 Å². The molecule has 22 heavy (non-hydrogen) atoms. The van der Waals surface area contributed by atoms with E-state index in [0.717, 1.165) is 6.42 Å². The summed E-state index contributed by atoms with van der Waals surface area (Å²) in [6, 6.07) is 14.5. The van der Waals surface area contributed by atoms with Gasteiger partial charge in [0.1, 0.15) is 5.60 Å². The number of rotatable bonds is 5. The number of aliphatic hydroxyl groups is 1. The van der Waals surface area contributed by atoms with E-state index in [1.165, 1.54) is 16.3 Å². The van der Waals surface area contributed by atoms with Crippen LogP contribution in [0.2, 0.25) is 0 Å². The van der Waals surface area contributed by atoms with Crippen molar-refractivity contribution < 1.29 is 9.90 Å². The normalized spacial score (nSPS) is 14.1. The first-order chi connectivity index (χ1) is 10.3. The summed E-state index contributed by atoms with van der Waals surface area (Å²) in [6.45, 7) is 5.90. The molecule has 2 aromatic rings. The maximum atomic E-state index is 12.4. The van der Waals surface area contributed by atoms with Gasteiger partial charge in [-0.05, 0) is 35.6 Å². The first kappa shape index (κ1) is 16.5. The SMILES string of the molecule is CC(C)[C@](C)(O)C(=O)N(C)CCc1cccc2ccccc12. The standard InChI is InChI=1S/C19H25NO2/c1-14(2)19(3,22)18(21)20(4)13-12-16-10-7-9-15-8-5-6-11-17(15)16/h5-11,14,22H,12-13H2,1-4H3/t19-/m0/s1. The highest BCUT2D eigenvalue weighted by Crippen LogP contribution is 2.21.